The fraction of sp³-hybridized carbons (Fsp3) is 0.267. The topological polar surface area (TPSA) is 86.2 Å². The van der Waals surface area contributed by atoms with Crippen LogP contribution >= 0.6 is 69.0 Å². The van der Waals surface area contributed by atoms with E-state index in [1.54, 1.807) is 12.3 Å². The Morgan fingerprint density at radius 2 is 1.39 bits per heavy atom. The Kier molecular flexibility index (Phi) is 14.5. The lowest BCUT2D eigenvalue weighted by Crippen LogP contribution is -2.36. The average molecular weight is 698 g/mol. The zero-order valence-electron chi connectivity index (χ0n) is 14.9. The standard InChI is InChI=1S/C6H2Cl2F3N.C5H2Cl2IN.C3H3F3O4S.CH4/c7-4-1-5(8)12-2-3(4)6(9,10)11;6-3-1-5(7)9-2-4(3)8;1-10-2(7)3(4,5)11(6,8)9;/h1-2H;1-2H;1H3;1H4. The number of halogens is 11. The first-order chi connectivity index (χ1) is 14.3. The third-order valence-corrected chi connectivity index (χ3v) is 5.63. The van der Waals surface area contributed by atoms with Crippen LogP contribution in [0, 0.1) is 3.57 Å². The van der Waals surface area contributed by atoms with Crippen LogP contribution in [0.25, 0.3) is 0 Å². The molecule has 0 N–H and O–H groups in total. The molecule has 2 aromatic heterocycles. The molecule has 0 spiro atoms. The van der Waals surface area contributed by atoms with Gasteiger partial charge in [-0.25, -0.2) is 14.8 Å². The fourth-order valence-corrected chi connectivity index (χ4v) is 2.64. The summed E-state index contributed by atoms with van der Waals surface area (Å²) in [4.78, 5) is 17.0. The molecule has 0 bridgehead atoms. The van der Waals surface area contributed by atoms with Crippen molar-refractivity contribution >= 4 is 85.2 Å². The molecule has 0 atom stereocenters. The summed E-state index contributed by atoms with van der Waals surface area (Å²) in [5.74, 6) is -2.44. The quantitative estimate of drug-likeness (QED) is 0.110. The molecule has 2 aromatic rings. The van der Waals surface area contributed by atoms with E-state index in [0.29, 0.717) is 23.5 Å². The summed E-state index contributed by atoms with van der Waals surface area (Å²) in [5, 5.41) is -4.53. The van der Waals surface area contributed by atoms with Crippen LogP contribution in [0.1, 0.15) is 13.0 Å². The van der Waals surface area contributed by atoms with Crippen LogP contribution in [-0.2, 0) is 25.9 Å². The molecule has 0 aliphatic carbocycles. The number of carbonyl (C=O) groups excluding carboxylic acids is 1. The maximum Gasteiger partial charge on any atom is 0.470 e. The number of carbonyl (C=O) groups is 1. The van der Waals surface area contributed by atoms with Crippen LogP contribution in [0.3, 0.4) is 0 Å². The van der Waals surface area contributed by atoms with Gasteiger partial charge in [-0.15, -0.1) is 0 Å². The molecule has 0 amide bonds. The average Bonchev–Trinajstić information content (AvgIpc) is 2.63. The number of methoxy groups -OCH3 is 1. The molecule has 0 saturated carbocycles. The van der Waals surface area contributed by atoms with E-state index in [1.807, 2.05) is 0 Å². The molecule has 0 unspecified atom stereocenters. The van der Waals surface area contributed by atoms with Gasteiger partial charge in [0, 0.05) is 12.4 Å². The van der Waals surface area contributed by atoms with E-state index >= 15 is 0 Å². The minimum Gasteiger partial charge on any atom is -0.464 e. The molecule has 188 valence electrons. The molecule has 0 radical (unpaired) electrons. The zero-order chi connectivity index (χ0) is 25.5. The van der Waals surface area contributed by atoms with Crippen molar-refractivity contribution in [2.75, 3.05) is 7.11 Å². The lowest BCUT2D eigenvalue weighted by atomic mass is 10.3. The normalized spacial score (nSPS) is 11.2. The van der Waals surface area contributed by atoms with Gasteiger partial charge in [0.05, 0.1) is 26.3 Å². The van der Waals surface area contributed by atoms with Crippen molar-refractivity contribution in [3.63, 3.8) is 0 Å². The molecule has 0 aromatic carbocycles. The molecular formula is C15H11Cl4F6IN2O4S. The molecule has 18 heteroatoms. The second-order valence-electron chi connectivity index (χ2n) is 4.85. The van der Waals surface area contributed by atoms with E-state index in [1.165, 1.54) is 0 Å². The Hall–Kier alpha value is -0.810. The van der Waals surface area contributed by atoms with Gasteiger partial charge in [0.15, 0.2) is 0 Å². The number of hydrogen-bond donors (Lipinski definition) is 0. The van der Waals surface area contributed by atoms with Gasteiger partial charge in [0.2, 0.25) is 0 Å². The number of rotatable bonds is 2. The van der Waals surface area contributed by atoms with Crippen molar-refractivity contribution < 1.29 is 43.8 Å². The van der Waals surface area contributed by atoms with Gasteiger partial charge < -0.3 is 4.74 Å². The lowest BCUT2D eigenvalue weighted by Gasteiger charge is -2.07. The summed E-state index contributed by atoms with van der Waals surface area (Å²) in [6.07, 6.45) is -2.25. The third-order valence-electron chi connectivity index (χ3n) is 2.63. The van der Waals surface area contributed by atoms with Crippen LogP contribution in [0.5, 0.6) is 0 Å². The number of hydrogen-bond acceptors (Lipinski definition) is 6. The molecule has 2 heterocycles. The van der Waals surface area contributed by atoms with Crippen LogP contribution < -0.4 is 0 Å². The highest BCUT2D eigenvalue weighted by molar-refractivity contribution is 14.1. The number of esters is 1. The molecule has 2 rings (SSSR count). The number of pyridine rings is 2. The van der Waals surface area contributed by atoms with Crippen molar-refractivity contribution in [2.45, 2.75) is 18.9 Å². The van der Waals surface area contributed by atoms with E-state index in [4.69, 9.17) is 46.4 Å². The molecule has 0 aliphatic rings. The molecule has 0 aliphatic heterocycles. The van der Waals surface area contributed by atoms with Crippen molar-refractivity contribution in [1.29, 1.82) is 0 Å². The number of ether oxygens (including phenoxy) is 1. The summed E-state index contributed by atoms with van der Waals surface area (Å²) in [7, 11) is -5.71. The summed E-state index contributed by atoms with van der Waals surface area (Å²) in [5.41, 5.74) is -0.978. The first kappa shape index (κ1) is 34.4. The van der Waals surface area contributed by atoms with Gasteiger partial charge in [-0.05, 0) is 34.7 Å². The summed E-state index contributed by atoms with van der Waals surface area (Å²) in [6, 6.07) is 2.57. The van der Waals surface area contributed by atoms with E-state index < -0.39 is 38.2 Å². The third kappa shape index (κ3) is 11.4. The van der Waals surface area contributed by atoms with Gasteiger partial charge in [0.1, 0.15) is 10.3 Å². The second-order valence-corrected chi connectivity index (χ2v) is 8.99. The van der Waals surface area contributed by atoms with Crippen LogP contribution in [0.4, 0.5) is 25.8 Å². The van der Waals surface area contributed by atoms with Crippen LogP contribution in [0.15, 0.2) is 24.5 Å². The summed E-state index contributed by atoms with van der Waals surface area (Å²) in [6.45, 7) is 0. The number of nitrogens with zero attached hydrogens (tertiary/aromatic N) is 2. The van der Waals surface area contributed by atoms with Gasteiger partial charge in [-0.3, -0.25) is 0 Å². The van der Waals surface area contributed by atoms with Crippen LogP contribution in [-0.4, -0.2) is 36.7 Å². The predicted octanol–water partition coefficient (Wildman–Crippen LogP) is 7.09. The van der Waals surface area contributed by atoms with Crippen molar-refractivity contribution in [3.05, 3.63) is 54.0 Å². The van der Waals surface area contributed by atoms with Gasteiger partial charge in [-0.2, -0.15) is 30.4 Å². The largest absolute Gasteiger partial charge is 0.470 e. The SMILES string of the molecule is C.COC(=O)C(F)(F)S(=O)(=O)F.Clc1cc(Cl)c(I)cn1.FC(F)(F)c1cnc(Cl)cc1Cl. The van der Waals surface area contributed by atoms with Gasteiger partial charge >= 0.3 is 27.6 Å². The minimum absolute atomic E-state index is 0. The van der Waals surface area contributed by atoms with Crippen molar-refractivity contribution in [3.8, 4) is 0 Å². The second kappa shape index (κ2) is 13.9. The van der Waals surface area contributed by atoms with Crippen LogP contribution in [0.2, 0.25) is 20.4 Å². The maximum atomic E-state index is 12.0. The highest BCUT2D eigenvalue weighted by Gasteiger charge is 2.55. The Balaban J connectivity index is 0. The first-order valence-corrected chi connectivity index (χ1v) is 11.1. The zero-order valence-corrected chi connectivity index (χ0v) is 20.9. The summed E-state index contributed by atoms with van der Waals surface area (Å²) < 4.78 is 94.7. The van der Waals surface area contributed by atoms with Crippen molar-refractivity contribution in [2.24, 2.45) is 0 Å². The van der Waals surface area contributed by atoms with Gasteiger partial charge in [-0.1, -0.05) is 57.7 Å². The lowest BCUT2D eigenvalue weighted by molar-refractivity contribution is -0.157. The first-order valence-electron chi connectivity index (χ1n) is 7.09. The Morgan fingerprint density at radius 1 is 0.970 bits per heavy atom. The maximum absolute atomic E-state index is 12.0. The van der Waals surface area contributed by atoms with E-state index in [9.17, 15) is 39.1 Å². The molecule has 6 nitrogen and oxygen atoms in total. The predicted molar refractivity (Wildman–Crippen MR) is 120 cm³/mol. The highest BCUT2D eigenvalue weighted by atomic mass is 127. The van der Waals surface area contributed by atoms with E-state index in [2.05, 4.69) is 37.3 Å². The summed E-state index contributed by atoms with van der Waals surface area (Å²) >= 11 is 23.9. The minimum atomic E-state index is -6.22. The Morgan fingerprint density at radius 3 is 1.67 bits per heavy atom. The Bertz CT molecular complexity index is 1060. The van der Waals surface area contributed by atoms with Gasteiger partial charge in [0.25, 0.3) is 0 Å². The molecule has 0 saturated heterocycles. The fourth-order valence-electron chi connectivity index (χ4n) is 1.23. The van der Waals surface area contributed by atoms with E-state index in [-0.39, 0.29) is 12.6 Å². The van der Waals surface area contributed by atoms with Crippen molar-refractivity contribution in [1.82, 2.24) is 9.97 Å². The smallest absolute Gasteiger partial charge is 0.464 e. The highest BCUT2D eigenvalue weighted by Crippen LogP contribution is 2.34. The number of alkyl halides is 5. The Labute approximate surface area is 217 Å². The molecule has 33 heavy (non-hydrogen) atoms. The van der Waals surface area contributed by atoms with E-state index in [0.717, 1.165) is 9.64 Å². The number of aromatic nitrogens is 2. The monoisotopic (exact) mass is 696 g/mol. The molecule has 0 fully saturated rings. The molecular weight excluding hydrogens is 687 g/mol.